The summed E-state index contributed by atoms with van der Waals surface area (Å²) in [5, 5.41) is 13.4. The molecular formula is C36H42BrFN6O5. The third-order valence-corrected chi connectivity index (χ3v) is 8.76. The maximum atomic E-state index is 14.3. The second-order valence-corrected chi connectivity index (χ2v) is 12.7. The fraction of sp³-hybridized carbons (Fsp3) is 0.417. The lowest BCUT2D eigenvalue weighted by molar-refractivity contribution is -0.143. The first-order valence-corrected chi connectivity index (χ1v) is 17.4. The molecule has 0 bridgehead atoms. The maximum absolute atomic E-state index is 14.3. The number of hydrogen-bond donors (Lipinski definition) is 1. The van der Waals surface area contributed by atoms with Crippen LogP contribution in [0.1, 0.15) is 50.3 Å². The van der Waals surface area contributed by atoms with E-state index in [1.54, 1.807) is 25.6 Å². The van der Waals surface area contributed by atoms with Crippen LogP contribution in [-0.4, -0.2) is 85.0 Å². The number of hydrogen-bond acceptors (Lipinski definition) is 9. The lowest BCUT2D eigenvalue weighted by Crippen LogP contribution is -2.52. The van der Waals surface area contributed by atoms with Crippen LogP contribution in [0.4, 0.5) is 15.9 Å². The Morgan fingerprint density at radius 2 is 1.63 bits per heavy atom. The van der Waals surface area contributed by atoms with Crippen molar-refractivity contribution in [2.45, 2.75) is 45.4 Å². The van der Waals surface area contributed by atoms with Gasteiger partial charge in [-0.05, 0) is 73.7 Å². The molecule has 0 aliphatic carbocycles. The van der Waals surface area contributed by atoms with Crippen LogP contribution in [0.15, 0.2) is 59.3 Å². The summed E-state index contributed by atoms with van der Waals surface area (Å²) >= 11 is 3.19. The number of fused-ring (bicyclic) bond motifs is 1. The third kappa shape index (κ3) is 9.63. The minimum atomic E-state index is -0.890. The highest BCUT2D eigenvalue weighted by atomic mass is 79.9. The van der Waals surface area contributed by atoms with E-state index in [1.165, 1.54) is 17.0 Å². The van der Waals surface area contributed by atoms with E-state index in [2.05, 4.69) is 48.3 Å². The smallest absolute Gasteiger partial charge is 0.313 e. The molecule has 1 N–H and O–H groups in total. The number of carbonyl (C=O) groups excluding carboxylic acids is 2. The molecule has 5 rings (SSSR count). The van der Waals surface area contributed by atoms with Gasteiger partial charge in [-0.15, -0.1) is 5.10 Å². The average Bonchev–Trinajstić information content (AvgIpc) is 3.12. The van der Waals surface area contributed by atoms with Crippen LogP contribution in [0.25, 0.3) is 10.8 Å². The third-order valence-electron chi connectivity index (χ3n) is 8.27. The first-order chi connectivity index (χ1) is 23.9. The Labute approximate surface area is 294 Å². The van der Waals surface area contributed by atoms with Gasteiger partial charge < -0.3 is 29.3 Å². The van der Waals surface area contributed by atoms with Gasteiger partial charge in [-0.1, -0.05) is 29.3 Å². The number of piperazine rings is 1. The quantitative estimate of drug-likeness (QED) is 0.113. The number of carbonyl (C=O) groups is 2. The van der Waals surface area contributed by atoms with Crippen molar-refractivity contribution < 1.29 is 28.2 Å². The van der Waals surface area contributed by atoms with E-state index >= 15 is 0 Å². The van der Waals surface area contributed by atoms with Gasteiger partial charge in [-0.3, -0.25) is 14.6 Å². The van der Waals surface area contributed by atoms with Crippen molar-refractivity contribution in [1.29, 1.82) is 0 Å². The first-order valence-electron chi connectivity index (χ1n) is 16.6. The minimum absolute atomic E-state index is 0.0563. The Bertz CT molecular complexity index is 1720. The number of benzene rings is 2. The summed E-state index contributed by atoms with van der Waals surface area (Å²) < 4.78 is 32.4. The molecule has 49 heavy (non-hydrogen) atoms. The summed E-state index contributed by atoms with van der Waals surface area (Å²) in [4.78, 5) is 33.3. The number of amides is 2. The van der Waals surface area contributed by atoms with Crippen LogP contribution < -0.4 is 19.7 Å². The molecule has 13 heteroatoms. The second kappa shape index (κ2) is 17.9. The van der Waals surface area contributed by atoms with E-state index in [4.69, 9.17) is 14.2 Å². The molecule has 0 radical (unpaired) electrons. The van der Waals surface area contributed by atoms with E-state index in [0.29, 0.717) is 47.9 Å². The highest BCUT2D eigenvalue weighted by Crippen LogP contribution is 2.38. The molecule has 2 aromatic heterocycles. The zero-order chi connectivity index (χ0) is 34.6. The van der Waals surface area contributed by atoms with Crippen LogP contribution in [0.2, 0.25) is 0 Å². The number of halogens is 2. The van der Waals surface area contributed by atoms with Gasteiger partial charge >= 0.3 is 11.8 Å². The van der Waals surface area contributed by atoms with Gasteiger partial charge in [0.05, 0.1) is 25.1 Å². The van der Waals surface area contributed by atoms with Crippen molar-refractivity contribution in [3.63, 3.8) is 0 Å². The Kier molecular flexibility index (Phi) is 13.1. The molecule has 1 aliphatic heterocycles. The molecule has 4 aromatic rings. The van der Waals surface area contributed by atoms with Gasteiger partial charge in [0.2, 0.25) is 0 Å². The molecule has 11 nitrogen and oxygen atoms in total. The number of nitrogens with one attached hydrogen (secondary N) is 1. The number of nitrogens with zero attached hydrogens (tertiary/aromatic N) is 5. The molecule has 0 atom stereocenters. The molecule has 3 heterocycles. The van der Waals surface area contributed by atoms with Gasteiger partial charge in [-0.25, -0.2) is 4.39 Å². The summed E-state index contributed by atoms with van der Waals surface area (Å²) in [7, 11) is 1.62. The molecule has 0 unspecified atom stereocenters. The Morgan fingerprint density at radius 1 is 0.898 bits per heavy atom. The van der Waals surface area contributed by atoms with Crippen molar-refractivity contribution >= 4 is 50.0 Å². The molecular weight excluding hydrogens is 695 g/mol. The summed E-state index contributed by atoms with van der Waals surface area (Å²) in [6, 6.07) is 12.0. The van der Waals surface area contributed by atoms with E-state index in [0.717, 1.165) is 67.3 Å². The summed E-state index contributed by atoms with van der Waals surface area (Å²) in [5.41, 5.74) is 1.77. The molecule has 0 spiro atoms. The number of methoxy groups -OCH3 is 1. The second-order valence-electron chi connectivity index (χ2n) is 11.8. The van der Waals surface area contributed by atoms with E-state index in [9.17, 15) is 14.0 Å². The number of unbranched alkanes of at least 4 members (excludes halogenated alkanes) is 3. The first kappa shape index (κ1) is 35.9. The molecule has 2 amide bonds. The number of anilines is 2. The monoisotopic (exact) mass is 736 g/mol. The lowest BCUT2D eigenvalue weighted by atomic mass is 10.0. The largest absolute Gasteiger partial charge is 0.493 e. The van der Waals surface area contributed by atoms with Gasteiger partial charge in [0.15, 0.2) is 17.3 Å². The Hall–Kier alpha value is -4.36. The zero-order valence-corrected chi connectivity index (χ0v) is 29.5. The van der Waals surface area contributed by atoms with Crippen LogP contribution in [0.5, 0.6) is 11.5 Å². The van der Waals surface area contributed by atoms with E-state index in [-0.39, 0.29) is 18.8 Å². The fourth-order valence-corrected chi connectivity index (χ4v) is 5.98. The van der Waals surface area contributed by atoms with Crippen LogP contribution >= 0.6 is 15.9 Å². The van der Waals surface area contributed by atoms with E-state index in [1.807, 2.05) is 24.3 Å². The number of rotatable bonds is 15. The predicted octanol–water partition coefficient (Wildman–Crippen LogP) is 6.18. The number of pyridine rings is 1. The Balaban J connectivity index is 1.31. The highest BCUT2D eigenvalue weighted by Gasteiger charge is 2.29. The summed E-state index contributed by atoms with van der Waals surface area (Å²) in [5.74, 6) is -0.360. The predicted molar refractivity (Wildman–Crippen MR) is 190 cm³/mol. The molecule has 260 valence electrons. The maximum Gasteiger partial charge on any atom is 0.313 e. The van der Waals surface area contributed by atoms with Gasteiger partial charge in [0, 0.05) is 73.5 Å². The van der Waals surface area contributed by atoms with Crippen LogP contribution in [0, 0.1) is 5.82 Å². The topological polar surface area (TPSA) is 119 Å². The van der Waals surface area contributed by atoms with Crippen molar-refractivity contribution in [3.05, 3.63) is 76.4 Å². The van der Waals surface area contributed by atoms with Crippen LogP contribution in [0.3, 0.4) is 0 Å². The lowest BCUT2D eigenvalue weighted by Gasteiger charge is -2.35. The molecule has 2 aromatic carbocycles. The van der Waals surface area contributed by atoms with Crippen molar-refractivity contribution in [1.82, 2.24) is 20.1 Å². The molecule has 1 saturated heterocycles. The van der Waals surface area contributed by atoms with Gasteiger partial charge in [0.25, 0.3) is 0 Å². The Morgan fingerprint density at radius 3 is 2.35 bits per heavy atom. The van der Waals surface area contributed by atoms with Crippen LogP contribution in [-0.2, 0) is 20.7 Å². The zero-order valence-electron chi connectivity index (χ0n) is 27.9. The molecule has 1 aliphatic rings. The van der Waals surface area contributed by atoms with E-state index < -0.39 is 17.6 Å². The minimum Gasteiger partial charge on any atom is -0.493 e. The van der Waals surface area contributed by atoms with Gasteiger partial charge in [-0.2, -0.15) is 5.10 Å². The van der Waals surface area contributed by atoms with Crippen molar-refractivity contribution in [2.24, 2.45) is 0 Å². The fourth-order valence-electron chi connectivity index (χ4n) is 5.65. The summed E-state index contributed by atoms with van der Waals surface area (Å²) in [6.07, 6.45) is 9.14. The summed E-state index contributed by atoms with van der Waals surface area (Å²) in [6.45, 7) is 5.65. The number of ether oxygens (including phenoxy) is 3. The molecule has 0 saturated carbocycles. The average molecular weight is 738 g/mol. The van der Waals surface area contributed by atoms with Crippen molar-refractivity contribution in [2.75, 3.05) is 63.3 Å². The molecule has 1 fully saturated rings. The van der Waals surface area contributed by atoms with Crippen molar-refractivity contribution in [3.8, 4) is 11.5 Å². The number of aromatic nitrogens is 3. The highest BCUT2D eigenvalue weighted by molar-refractivity contribution is 9.10. The SMILES string of the molecule is CCCOCCCCCCOc1cc2c(N3CCN(C(=O)C(=O)Nc4ccc(Br)cc4F)CC3)nnc(Cc3ccncc3)c2cc1OC. The normalized spacial score (nSPS) is 13.1. The van der Waals surface area contributed by atoms with Gasteiger partial charge in [0.1, 0.15) is 5.82 Å². The standard InChI is InChI=1S/C36H42BrFN6O5/c1-3-18-48-19-6-4-5-7-20-49-33-24-28-27(23-32(33)47-2)31(21-25-10-12-39-13-11-25)41-42-34(28)43-14-16-44(17-15-43)36(46)35(45)40-30-9-8-26(37)22-29(30)38/h8-13,22-24H,3-7,14-21H2,1-2H3,(H,40,45).